The number of fused-ring (bicyclic) bond motifs is 1. The first-order chi connectivity index (χ1) is 7.33. The van der Waals surface area contributed by atoms with E-state index >= 15 is 0 Å². The molecule has 1 aromatic heterocycles. The lowest BCUT2D eigenvalue weighted by Crippen LogP contribution is -2.04. The van der Waals surface area contributed by atoms with Gasteiger partial charge in [0.15, 0.2) is 0 Å². The first-order valence-electron chi connectivity index (χ1n) is 4.99. The molecule has 1 atom stereocenters. The third-order valence-corrected chi connectivity index (χ3v) is 2.47. The first kappa shape index (κ1) is 10.1. The van der Waals surface area contributed by atoms with Gasteiger partial charge >= 0.3 is 0 Å². The molecule has 3 heteroatoms. The average molecular weight is 204 g/mol. The van der Waals surface area contributed by atoms with Gasteiger partial charge in [-0.15, -0.1) is 0 Å². The fourth-order valence-corrected chi connectivity index (χ4v) is 1.71. The molecule has 0 saturated heterocycles. The Labute approximate surface area is 87.9 Å². The maximum Gasteiger partial charge on any atom is 0.127 e. The molecule has 0 bridgehead atoms. The predicted octanol–water partition coefficient (Wildman–Crippen LogP) is 2.59. The van der Waals surface area contributed by atoms with Crippen molar-refractivity contribution >= 4 is 10.8 Å². The summed E-state index contributed by atoms with van der Waals surface area (Å²) in [6, 6.07) is 7.49. The summed E-state index contributed by atoms with van der Waals surface area (Å²) < 4.78 is 13.8. The second-order valence-electron chi connectivity index (χ2n) is 3.49. The molecule has 2 nitrogen and oxygen atoms in total. The van der Waals surface area contributed by atoms with Crippen molar-refractivity contribution in [2.24, 2.45) is 5.73 Å². The van der Waals surface area contributed by atoms with E-state index in [2.05, 4.69) is 4.98 Å². The Morgan fingerprint density at radius 2 is 2.20 bits per heavy atom. The fraction of sp³-hybridized carbons (Fsp3) is 0.250. The fourth-order valence-electron chi connectivity index (χ4n) is 1.71. The summed E-state index contributed by atoms with van der Waals surface area (Å²) in [5, 5.41) is 1.89. The molecular formula is C12H13FN2. The number of benzene rings is 1. The van der Waals surface area contributed by atoms with Crippen LogP contribution in [0.2, 0.25) is 0 Å². The predicted molar refractivity (Wildman–Crippen MR) is 59.3 cm³/mol. The molecule has 78 valence electrons. The van der Waals surface area contributed by atoms with Crippen LogP contribution in [0.3, 0.4) is 0 Å². The smallest absolute Gasteiger partial charge is 0.127 e. The Bertz CT molecular complexity index is 451. The van der Waals surface area contributed by atoms with Crippen LogP contribution in [0.1, 0.15) is 18.2 Å². The average Bonchev–Trinajstić information content (AvgIpc) is 2.28. The second kappa shape index (κ2) is 4.36. The van der Waals surface area contributed by atoms with Crippen LogP contribution >= 0.6 is 0 Å². The maximum atomic E-state index is 13.8. The summed E-state index contributed by atoms with van der Waals surface area (Å²) >= 11 is 0. The Hall–Kier alpha value is -1.48. The molecule has 15 heavy (non-hydrogen) atoms. The highest BCUT2D eigenvalue weighted by Gasteiger charge is 2.11. The Balaban J connectivity index is 2.50. The van der Waals surface area contributed by atoms with E-state index in [4.69, 9.17) is 5.73 Å². The minimum atomic E-state index is -0.997. The summed E-state index contributed by atoms with van der Waals surface area (Å²) in [6.45, 7) is 0.359. The highest BCUT2D eigenvalue weighted by molar-refractivity contribution is 5.85. The monoisotopic (exact) mass is 204 g/mol. The Morgan fingerprint density at radius 3 is 3.00 bits per heavy atom. The van der Waals surface area contributed by atoms with Crippen LogP contribution in [0.25, 0.3) is 10.8 Å². The largest absolute Gasteiger partial charge is 0.330 e. The van der Waals surface area contributed by atoms with Crippen LogP contribution in [0.15, 0.2) is 36.7 Å². The van der Waals surface area contributed by atoms with E-state index in [1.54, 1.807) is 18.5 Å². The van der Waals surface area contributed by atoms with Crippen LogP contribution < -0.4 is 5.73 Å². The van der Waals surface area contributed by atoms with Gasteiger partial charge < -0.3 is 5.73 Å². The van der Waals surface area contributed by atoms with Crippen molar-refractivity contribution in [2.45, 2.75) is 12.6 Å². The highest BCUT2D eigenvalue weighted by atomic mass is 19.1. The maximum absolute atomic E-state index is 13.8. The SMILES string of the molecule is NCCC(F)c1cccc2ccncc12. The molecule has 0 radical (unpaired) electrons. The molecule has 2 rings (SSSR count). The Kier molecular flexibility index (Phi) is 2.92. The van der Waals surface area contributed by atoms with E-state index in [9.17, 15) is 4.39 Å². The molecule has 2 aromatic rings. The van der Waals surface area contributed by atoms with E-state index in [0.29, 0.717) is 18.5 Å². The minimum Gasteiger partial charge on any atom is -0.330 e. The lowest BCUT2D eigenvalue weighted by Gasteiger charge is -2.09. The van der Waals surface area contributed by atoms with Crippen molar-refractivity contribution < 1.29 is 4.39 Å². The summed E-state index contributed by atoms with van der Waals surface area (Å²) in [4.78, 5) is 4.02. The standard InChI is InChI=1S/C12H13FN2/c13-12(4-6-14)10-3-1-2-9-5-7-15-8-11(9)10/h1-3,5,7-8,12H,4,6,14H2. The molecule has 1 aromatic carbocycles. The number of nitrogens with two attached hydrogens (primary N) is 1. The van der Waals surface area contributed by atoms with Gasteiger partial charge in [0.2, 0.25) is 0 Å². The van der Waals surface area contributed by atoms with Gasteiger partial charge in [0, 0.05) is 17.8 Å². The number of alkyl halides is 1. The van der Waals surface area contributed by atoms with E-state index in [1.165, 1.54) is 0 Å². The zero-order valence-electron chi connectivity index (χ0n) is 8.36. The molecule has 0 spiro atoms. The number of pyridine rings is 1. The summed E-state index contributed by atoms with van der Waals surface area (Å²) in [6.07, 6.45) is 2.77. The van der Waals surface area contributed by atoms with Crippen molar-refractivity contribution in [3.63, 3.8) is 0 Å². The molecule has 0 fully saturated rings. The molecular weight excluding hydrogens is 191 g/mol. The summed E-state index contributed by atoms with van der Waals surface area (Å²) in [5.74, 6) is 0. The van der Waals surface area contributed by atoms with Crippen molar-refractivity contribution in [1.82, 2.24) is 4.98 Å². The van der Waals surface area contributed by atoms with Gasteiger partial charge in [0.1, 0.15) is 6.17 Å². The van der Waals surface area contributed by atoms with Gasteiger partial charge in [-0.2, -0.15) is 0 Å². The topological polar surface area (TPSA) is 38.9 Å². The third kappa shape index (κ3) is 1.97. The van der Waals surface area contributed by atoms with Crippen molar-refractivity contribution in [1.29, 1.82) is 0 Å². The molecule has 0 saturated carbocycles. The molecule has 1 heterocycles. The minimum absolute atomic E-state index is 0.355. The quantitative estimate of drug-likeness (QED) is 0.834. The molecule has 2 N–H and O–H groups in total. The lowest BCUT2D eigenvalue weighted by molar-refractivity contribution is 0.330. The van der Waals surface area contributed by atoms with Gasteiger partial charge in [-0.1, -0.05) is 18.2 Å². The zero-order chi connectivity index (χ0) is 10.7. The molecule has 0 aliphatic rings. The number of hydrogen-bond acceptors (Lipinski definition) is 2. The molecule has 0 amide bonds. The van der Waals surface area contributed by atoms with E-state index < -0.39 is 6.17 Å². The van der Waals surface area contributed by atoms with Crippen LogP contribution in [-0.4, -0.2) is 11.5 Å². The van der Waals surface area contributed by atoms with Gasteiger partial charge in [-0.25, -0.2) is 4.39 Å². The number of nitrogens with zero attached hydrogens (tertiary/aromatic N) is 1. The normalized spacial score (nSPS) is 12.9. The van der Waals surface area contributed by atoms with Crippen molar-refractivity contribution in [2.75, 3.05) is 6.54 Å². The molecule has 0 aliphatic carbocycles. The first-order valence-corrected chi connectivity index (χ1v) is 4.99. The molecule has 1 unspecified atom stereocenters. The van der Waals surface area contributed by atoms with Gasteiger partial charge in [-0.3, -0.25) is 4.98 Å². The van der Waals surface area contributed by atoms with Crippen LogP contribution in [0.4, 0.5) is 4.39 Å². The van der Waals surface area contributed by atoms with Gasteiger partial charge in [0.05, 0.1) is 0 Å². The van der Waals surface area contributed by atoms with E-state index in [1.807, 2.05) is 18.2 Å². The van der Waals surface area contributed by atoms with Crippen LogP contribution in [0, 0.1) is 0 Å². The number of aromatic nitrogens is 1. The lowest BCUT2D eigenvalue weighted by atomic mass is 10.0. The van der Waals surface area contributed by atoms with Crippen LogP contribution in [-0.2, 0) is 0 Å². The Morgan fingerprint density at radius 1 is 1.33 bits per heavy atom. The van der Waals surface area contributed by atoms with E-state index in [0.717, 1.165) is 10.8 Å². The second-order valence-corrected chi connectivity index (χ2v) is 3.49. The summed E-state index contributed by atoms with van der Waals surface area (Å²) in [7, 11) is 0. The van der Waals surface area contributed by atoms with E-state index in [-0.39, 0.29) is 0 Å². The van der Waals surface area contributed by atoms with Gasteiger partial charge in [0.25, 0.3) is 0 Å². The molecule has 0 aliphatic heterocycles. The van der Waals surface area contributed by atoms with Crippen molar-refractivity contribution in [3.05, 3.63) is 42.2 Å². The van der Waals surface area contributed by atoms with Crippen LogP contribution in [0.5, 0.6) is 0 Å². The summed E-state index contributed by atoms with van der Waals surface area (Å²) in [5.41, 5.74) is 6.04. The van der Waals surface area contributed by atoms with Gasteiger partial charge in [-0.05, 0) is 30.0 Å². The zero-order valence-corrected chi connectivity index (χ0v) is 8.36. The number of halogens is 1. The third-order valence-electron chi connectivity index (χ3n) is 2.47. The number of rotatable bonds is 3. The highest BCUT2D eigenvalue weighted by Crippen LogP contribution is 2.27. The number of hydrogen-bond donors (Lipinski definition) is 1. The van der Waals surface area contributed by atoms with Crippen molar-refractivity contribution in [3.8, 4) is 0 Å².